The quantitative estimate of drug-likeness (QED) is 0.571. The number of ether oxygens (including phenoxy) is 2. The summed E-state index contributed by atoms with van der Waals surface area (Å²) in [6.45, 7) is 0. The van der Waals surface area contributed by atoms with Crippen molar-refractivity contribution in [2.45, 2.75) is 11.3 Å². The van der Waals surface area contributed by atoms with E-state index in [-0.39, 0.29) is 5.91 Å². The van der Waals surface area contributed by atoms with Crippen LogP contribution in [0.1, 0.15) is 6.42 Å². The molecule has 2 aromatic carbocycles. The van der Waals surface area contributed by atoms with E-state index in [1.54, 1.807) is 23.9 Å². The number of halogens is 1. The lowest BCUT2D eigenvalue weighted by molar-refractivity contribution is -0.115. The maximum absolute atomic E-state index is 12.1. The molecule has 128 valence electrons. The number of nitrogens with two attached hydrogens (primary N) is 1. The molecule has 0 fully saturated rings. The number of benzene rings is 2. The van der Waals surface area contributed by atoms with Crippen molar-refractivity contribution in [1.82, 2.24) is 0 Å². The smallest absolute Gasteiger partial charge is 0.225 e. The standard InChI is InChI=1S/C17H19ClN2O3S/c1-22-15-10-16(23-2)14(9-13(15)18)20-17(21)7-8-24-12-5-3-11(19)4-6-12/h3-6,9-10H,7-8,19H2,1-2H3,(H,20,21). The van der Waals surface area contributed by atoms with E-state index in [0.717, 1.165) is 10.6 Å². The van der Waals surface area contributed by atoms with Crippen molar-refractivity contribution >= 4 is 40.6 Å². The normalized spacial score (nSPS) is 10.3. The van der Waals surface area contributed by atoms with E-state index in [0.29, 0.717) is 34.4 Å². The largest absolute Gasteiger partial charge is 0.495 e. The molecule has 2 aromatic rings. The van der Waals surface area contributed by atoms with E-state index in [1.807, 2.05) is 24.3 Å². The maximum atomic E-state index is 12.1. The lowest BCUT2D eigenvalue weighted by Crippen LogP contribution is -2.13. The molecule has 0 saturated heterocycles. The van der Waals surface area contributed by atoms with Gasteiger partial charge < -0.3 is 20.5 Å². The summed E-state index contributed by atoms with van der Waals surface area (Å²) in [6.07, 6.45) is 0.363. The maximum Gasteiger partial charge on any atom is 0.225 e. The first-order chi connectivity index (χ1) is 11.5. The van der Waals surface area contributed by atoms with Crippen LogP contribution >= 0.6 is 23.4 Å². The third-order valence-electron chi connectivity index (χ3n) is 3.23. The number of hydrogen-bond donors (Lipinski definition) is 2. The Balaban J connectivity index is 1.92. The van der Waals surface area contributed by atoms with Gasteiger partial charge in [0.15, 0.2) is 0 Å². The minimum atomic E-state index is -0.113. The van der Waals surface area contributed by atoms with Crippen molar-refractivity contribution < 1.29 is 14.3 Å². The highest BCUT2D eigenvalue weighted by molar-refractivity contribution is 7.99. The molecule has 0 aromatic heterocycles. The number of nitrogen functional groups attached to an aromatic ring is 1. The fourth-order valence-corrected chi connectivity index (χ4v) is 3.09. The summed E-state index contributed by atoms with van der Waals surface area (Å²) in [4.78, 5) is 13.2. The summed E-state index contributed by atoms with van der Waals surface area (Å²) in [5.74, 6) is 1.53. The van der Waals surface area contributed by atoms with Crippen LogP contribution in [0.4, 0.5) is 11.4 Å². The zero-order chi connectivity index (χ0) is 17.5. The monoisotopic (exact) mass is 366 g/mol. The second kappa shape index (κ2) is 8.70. The molecule has 0 heterocycles. The molecule has 0 spiro atoms. The lowest BCUT2D eigenvalue weighted by atomic mass is 10.2. The Morgan fingerprint density at radius 3 is 2.46 bits per heavy atom. The summed E-state index contributed by atoms with van der Waals surface area (Å²) in [7, 11) is 3.04. The van der Waals surface area contributed by atoms with Crippen molar-refractivity contribution in [3.05, 3.63) is 41.4 Å². The van der Waals surface area contributed by atoms with E-state index >= 15 is 0 Å². The molecule has 7 heteroatoms. The number of methoxy groups -OCH3 is 2. The van der Waals surface area contributed by atoms with Crippen LogP contribution in [0, 0.1) is 0 Å². The highest BCUT2D eigenvalue weighted by Crippen LogP contribution is 2.36. The zero-order valence-corrected chi connectivity index (χ0v) is 15.0. The van der Waals surface area contributed by atoms with Gasteiger partial charge in [0.05, 0.1) is 24.9 Å². The molecule has 0 radical (unpaired) electrons. The Bertz CT molecular complexity index is 708. The van der Waals surface area contributed by atoms with Crippen molar-refractivity contribution in [2.75, 3.05) is 31.0 Å². The molecule has 0 atom stereocenters. The number of hydrogen-bond acceptors (Lipinski definition) is 5. The fourth-order valence-electron chi connectivity index (χ4n) is 2.00. The third-order valence-corrected chi connectivity index (χ3v) is 4.54. The highest BCUT2D eigenvalue weighted by atomic mass is 35.5. The molecule has 3 N–H and O–H groups in total. The minimum Gasteiger partial charge on any atom is -0.495 e. The zero-order valence-electron chi connectivity index (χ0n) is 13.5. The van der Waals surface area contributed by atoms with Crippen molar-refractivity contribution in [3.63, 3.8) is 0 Å². The van der Waals surface area contributed by atoms with Crippen molar-refractivity contribution in [3.8, 4) is 11.5 Å². The Labute approximate surface area is 150 Å². The lowest BCUT2D eigenvalue weighted by Gasteiger charge is -2.13. The average Bonchev–Trinajstić information content (AvgIpc) is 2.57. The number of carbonyl (C=O) groups is 1. The van der Waals surface area contributed by atoms with Crippen LogP contribution in [0.5, 0.6) is 11.5 Å². The molecule has 0 aliphatic rings. The van der Waals surface area contributed by atoms with Gasteiger partial charge in [0.25, 0.3) is 0 Å². The number of anilines is 2. The van der Waals surface area contributed by atoms with Crippen LogP contribution in [-0.4, -0.2) is 25.9 Å². The molecule has 2 rings (SSSR count). The predicted molar refractivity (Wildman–Crippen MR) is 99.4 cm³/mol. The number of rotatable bonds is 7. The number of thioether (sulfide) groups is 1. The molecule has 5 nitrogen and oxygen atoms in total. The van der Waals surface area contributed by atoms with Gasteiger partial charge >= 0.3 is 0 Å². The highest BCUT2D eigenvalue weighted by Gasteiger charge is 2.12. The van der Waals surface area contributed by atoms with Gasteiger partial charge in [-0.3, -0.25) is 4.79 Å². The Morgan fingerprint density at radius 1 is 1.17 bits per heavy atom. The Hall–Kier alpha value is -2.05. The van der Waals surface area contributed by atoms with E-state index in [2.05, 4.69) is 5.32 Å². The van der Waals surface area contributed by atoms with Gasteiger partial charge in [-0.05, 0) is 30.3 Å². The van der Waals surface area contributed by atoms with Gasteiger partial charge in [-0.2, -0.15) is 0 Å². The van der Waals surface area contributed by atoms with Gasteiger partial charge in [0, 0.05) is 28.8 Å². The summed E-state index contributed by atoms with van der Waals surface area (Å²) >= 11 is 7.69. The molecule has 0 aliphatic heterocycles. The number of nitrogens with one attached hydrogen (secondary N) is 1. The molecule has 0 unspecified atom stereocenters. The number of amides is 1. The van der Waals surface area contributed by atoms with Crippen molar-refractivity contribution in [1.29, 1.82) is 0 Å². The Kier molecular flexibility index (Phi) is 6.63. The summed E-state index contributed by atoms with van der Waals surface area (Å²) in [5, 5.41) is 3.22. The summed E-state index contributed by atoms with van der Waals surface area (Å²) in [5.41, 5.74) is 6.89. The first-order valence-electron chi connectivity index (χ1n) is 7.23. The predicted octanol–water partition coefficient (Wildman–Crippen LogP) is 4.06. The second-order valence-electron chi connectivity index (χ2n) is 4.90. The van der Waals surface area contributed by atoms with Crippen LogP contribution in [0.25, 0.3) is 0 Å². The van der Waals surface area contributed by atoms with Crippen LogP contribution in [-0.2, 0) is 4.79 Å². The summed E-state index contributed by atoms with van der Waals surface area (Å²) in [6, 6.07) is 10.8. The van der Waals surface area contributed by atoms with E-state index < -0.39 is 0 Å². The molecule has 24 heavy (non-hydrogen) atoms. The van der Waals surface area contributed by atoms with Crippen molar-refractivity contribution in [2.24, 2.45) is 0 Å². The van der Waals surface area contributed by atoms with Gasteiger partial charge in [-0.25, -0.2) is 0 Å². The van der Waals surface area contributed by atoms with Crippen LogP contribution in [0.2, 0.25) is 5.02 Å². The molecular formula is C17H19ClN2O3S. The second-order valence-corrected chi connectivity index (χ2v) is 6.48. The van der Waals surface area contributed by atoms with Gasteiger partial charge in [-0.1, -0.05) is 11.6 Å². The Morgan fingerprint density at radius 2 is 1.83 bits per heavy atom. The minimum absolute atomic E-state index is 0.113. The first-order valence-corrected chi connectivity index (χ1v) is 8.59. The summed E-state index contributed by atoms with van der Waals surface area (Å²) < 4.78 is 10.4. The van der Waals surface area contributed by atoms with E-state index in [4.69, 9.17) is 26.8 Å². The molecule has 1 amide bonds. The van der Waals surface area contributed by atoms with Crippen LogP contribution in [0.15, 0.2) is 41.3 Å². The topological polar surface area (TPSA) is 73.6 Å². The van der Waals surface area contributed by atoms with Gasteiger partial charge in [0.2, 0.25) is 5.91 Å². The fraction of sp³-hybridized carbons (Fsp3) is 0.235. The van der Waals surface area contributed by atoms with Crippen LogP contribution < -0.4 is 20.5 Å². The number of carbonyl (C=O) groups excluding carboxylic acids is 1. The average molecular weight is 367 g/mol. The van der Waals surface area contributed by atoms with E-state index in [9.17, 15) is 4.79 Å². The van der Waals surface area contributed by atoms with E-state index in [1.165, 1.54) is 14.2 Å². The molecule has 0 saturated carbocycles. The van der Waals surface area contributed by atoms with Gasteiger partial charge in [-0.15, -0.1) is 11.8 Å². The third kappa shape index (κ3) is 4.97. The molecule has 0 bridgehead atoms. The SMILES string of the molecule is COc1cc(OC)c(NC(=O)CCSc2ccc(N)cc2)cc1Cl. The molecular weight excluding hydrogens is 348 g/mol. The first kappa shape index (κ1) is 18.3. The van der Waals surface area contributed by atoms with Gasteiger partial charge in [0.1, 0.15) is 11.5 Å². The van der Waals surface area contributed by atoms with Crippen LogP contribution in [0.3, 0.4) is 0 Å². The molecule has 0 aliphatic carbocycles.